The van der Waals surface area contributed by atoms with Crippen molar-refractivity contribution in [2.45, 2.75) is 19.3 Å². The van der Waals surface area contributed by atoms with Crippen LogP contribution in [-0.4, -0.2) is 4.57 Å². The van der Waals surface area contributed by atoms with Gasteiger partial charge in [0.25, 0.3) is 0 Å². The number of benzene rings is 7. The number of fused-ring (bicyclic) bond motifs is 15. The van der Waals surface area contributed by atoms with Crippen molar-refractivity contribution in [3.05, 3.63) is 139 Å². The van der Waals surface area contributed by atoms with Gasteiger partial charge in [0.05, 0.1) is 21.4 Å². The molecule has 0 unspecified atom stereocenters. The quantitative estimate of drug-likeness (QED) is 0.179. The van der Waals surface area contributed by atoms with Crippen LogP contribution >= 0.6 is 11.3 Å². The Morgan fingerprint density at radius 2 is 1.16 bits per heavy atom. The second kappa shape index (κ2) is 8.10. The van der Waals surface area contributed by atoms with Gasteiger partial charge in [0, 0.05) is 37.0 Å². The summed E-state index contributed by atoms with van der Waals surface area (Å²) >= 11 is 1.95. The van der Waals surface area contributed by atoms with Gasteiger partial charge in [-0.15, -0.1) is 11.3 Å². The normalized spacial score (nSPS) is 14.2. The molecule has 0 N–H and O–H groups in total. The molecule has 0 amide bonds. The Hall–Kier alpha value is -5.18. The molecular formula is C43H27NS. The van der Waals surface area contributed by atoms with Crippen LogP contribution < -0.4 is 0 Å². The fourth-order valence-electron chi connectivity index (χ4n) is 8.93. The minimum atomic E-state index is -0.139. The van der Waals surface area contributed by atoms with Crippen LogP contribution in [0, 0.1) is 0 Å². The van der Waals surface area contributed by atoms with Gasteiger partial charge in [0.1, 0.15) is 0 Å². The number of rotatable bonds is 1. The molecule has 1 nitrogen and oxygen atoms in total. The van der Waals surface area contributed by atoms with E-state index in [-0.39, 0.29) is 5.41 Å². The van der Waals surface area contributed by atoms with Gasteiger partial charge in [-0.25, -0.2) is 0 Å². The molecule has 45 heavy (non-hydrogen) atoms. The van der Waals surface area contributed by atoms with E-state index in [4.69, 9.17) is 0 Å². The molecule has 0 saturated carbocycles. The number of hydrogen-bond donors (Lipinski definition) is 0. The van der Waals surface area contributed by atoms with E-state index in [1.807, 2.05) is 11.3 Å². The van der Waals surface area contributed by atoms with Crippen LogP contribution in [0.4, 0.5) is 0 Å². The van der Waals surface area contributed by atoms with Crippen LogP contribution in [0.2, 0.25) is 0 Å². The molecule has 0 aliphatic heterocycles. The zero-order valence-electron chi connectivity index (χ0n) is 25.0. The average molecular weight is 590 g/mol. The summed E-state index contributed by atoms with van der Waals surface area (Å²) in [5.74, 6) is 0. The number of hydrogen-bond acceptors (Lipinski definition) is 1. The summed E-state index contributed by atoms with van der Waals surface area (Å²) in [5.41, 5.74) is 14.8. The third-order valence-corrected chi connectivity index (χ3v) is 11.9. The number of aromatic nitrogens is 1. The first-order valence-corrected chi connectivity index (χ1v) is 16.6. The number of para-hydroxylation sites is 1. The van der Waals surface area contributed by atoms with Crippen molar-refractivity contribution in [1.82, 2.24) is 4.57 Å². The molecule has 0 radical (unpaired) electrons. The highest BCUT2D eigenvalue weighted by atomic mass is 32.1. The molecule has 0 saturated heterocycles. The molecule has 0 atom stereocenters. The van der Waals surface area contributed by atoms with Gasteiger partial charge in [-0.05, 0) is 68.1 Å². The highest BCUT2D eigenvalue weighted by Gasteiger charge is 2.40. The molecule has 0 bridgehead atoms. The van der Waals surface area contributed by atoms with Crippen molar-refractivity contribution in [2.24, 2.45) is 0 Å². The summed E-state index contributed by atoms with van der Waals surface area (Å²) in [6, 6.07) is 47.7. The van der Waals surface area contributed by atoms with E-state index in [0.717, 1.165) is 0 Å². The Bertz CT molecular complexity index is 2760. The van der Waals surface area contributed by atoms with Gasteiger partial charge in [-0.3, -0.25) is 0 Å². The summed E-state index contributed by atoms with van der Waals surface area (Å²) in [4.78, 5) is 0. The zero-order valence-corrected chi connectivity index (χ0v) is 25.8. The SMILES string of the molecule is CC1(C)c2ccccc2-c2c1c1c3ccccc3n(-c3ccc4c5c(cccc35)-c3ccccc3-4)c1c1sc3ccccc3c21. The maximum atomic E-state index is 2.60. The molecule has 2 heterocycles. The summed E-state index contributed by atoms with van der Waals surface area (Å²) in [6.07, 6.45) is 0. The highest BCUT2D eigenvalue weighted by Crippen LogP contribution is 2.59. The van der Waals surface area contributed by atoms with Crippen molar-refractivity contribution < 1.29 is 0 Å². The molecule has 11 rings (SSSR count). The molecule has 2 aliphatic carbocycles. The van der Waals surface area contributed by atoms with Crippen LogP contribution in [0.5, 0.6) is 0 Å². The summed E-state index contributed by atoms with van der Waals surface area (Å²) in [6.45, 7) is 4.86. The second-order valence-corrected chi connectivity index (χ2v) is 14.3. The molecule has 2 aliphatic rings. The Morgan fingerprint density at radius 1 is 0.511 bits per heavy atom. The Balaban J connectivity index is 1.40. The highest BCUT2D eigenvalue weighted by molar-refractivity contribution is 7.26. The van der Waals surface area contributed by atoms with E-state index >= 15 is 0 Å². The Labute approximate surface area is 264 Å². The molecule has 7 aromatic carbocycles. The maximum absolute atomic E-state index is 2.60. The first-order chi connectivity index (χ1) is 22.1. The van der Waals surface area contributed by atoms with Gasteiger partial charge in [0.2, 0.25) is 0 Å². The van der Waals surface area contributed by atoms with Gasteiger partial charge in [0.15, 0.2) is 0 Å². The van der Waals surface area contributed by atoms with Crippen molar-refractivity contribution in [3.8, 4) is 39.1 Å². The molecule has 9 aromatic rings. The number of nitrogens with zero attached hydrogens (tertiary/aromatic N) is 1. The molecule has 0 spiro atoms. The first kappa shape index (κ1) is 24.2. The molecule has 2 heteroatoms. The Morgan fingerprint density at radius 3 is 2.00 bits per heavy atom. The summed E-state index contributed by atoms with van der Waals surface area (Å²) < 4.78 is 5.32. The van der Waals surface area contributed by atoms with E-state index < -0.39 is 0 Å². The first-order valence-electron chi connectivity index (χ1n) is 15.8. The minimum Gasteiger partial charge on any atom is -0.307 e. The van der Waals surface area contributed by atoms with E-state index in [1.165, 1.54) is 103 Å². The summed E-state index contributed by atoms with van der Waals surface area (Å²) in [7, 11) is 0. The lowest BCUT2D eigenvalue weighted by Gasteiger charge is -2.23. The van der Waals surface area contributed by atoms with E-state index in [2.05, 4.69) is 146 Å². The fourth-order valence-corrected chi connectivity index (χ4v) is 10.2. The minimum absolute atomic E-state index is 0.139. The van der Waals surface area contributed by atoms with Crippen LogP contribution in [0.15, 0.2) is 127 Å². The van der Waals surface area contributed by atoms with Crippen LogP contribution in [0.25, 0.3) is 91.8 Å². The van der Waals surface area contributed by atoms with E-state index in [0.29, 0.717) is 0 Å². The second-order valence-electron chi connectivity index (χ2n) is 13.2. The van der Waals surface area contributed by atoms with Crippen molar-refractivity contribution >= 4 is 64.1 Å². The topological polar surface area (TPSA) is 4.93 Å². The molecule has 0 fully saturated rings. The fraction of sp³-hybridized carbons (Fsp3) is 0.0698. The monoisotopic (exact) mass is 589 g/mol. The van der Waals surface area contributed by atoms with E-state index in [9.17, 15) is 0 Å². The molecular weight excluding hydrogens is 563 g/mol. The maximum Gasteiger partial charge on any atom is 0.0723 e. The Kier molecular flexibility index (Phi) is 4.35. The van der Waals surface area contributed by atoms with Gasteiger partial charge < -0.3 is 4.57 Å². The summed E-state index contributed by atoms with van der Waals surface area (Å²) in [5, 5.41) is 8.15. The average Bonchev–Trinajstić information content (AvgIpc) is 3.79. The molecule has 210 valence electrons. The predicted molar refractivity (Wildman–Crippen MR) is 193 cm³/mol. The largest absolute Gasteiger partial charge is 0.307 e. The molecule has 2 aromatic heterocycles. The van der Waals surface area contributed by atoms with E-state index in [1.54, 1.807) is 0 Å². The van der Waals surface area contributed by atoms with Crippen molar-refractivity contribution in [3.63, 3.8) is 0 Å². The van der Waals surface area contributed by atoms with Crippen LogP contribution in [0.1, 0.15) is 25.0 Å². The number of thiophene rings is 1. The van der Waals surface area contributed by atoms with Gasteiger partial charge >= 0.3 is 0 Å². The van der Waals surface area contributed by atoms with Crippen molar-refractivity contribution in [2.75, 3.05) is 0 Å². The van der Waals surface area contributed by atoms with Crippen molar-refractivity contribution in [1.29, 1.82) is 0 Å². The standard InChI is InChI=1S/C43H27NS/c1-43(2)32-19-8-5-14-28(32)37-38-31-16-7-10-21-35(31)45-42(38)41-39(40(37)43)30-15-6-9-20-33(30)44(41)34-23-22-27-25-13-4-3-12-24(25)26-17-11-18-29(34)36(26)27/h3-23H,1-2H3. The lowest BCUT2D eigenvalue weighted by atomic mass is 9.80. The van der Waals surface area contributed by atoms with Crippen LogP contribution in [-0.2, 0) is 5.41 Å². The lowest BCUT2D eigenvalue weighted by Crippen LogP contribution is -2.15. The van der Waals surface area contributed by atoms with Gasteiger partial charge in [-0.1, -0.05) is 123 Å². The third-order valence-electron chi connectivity index (χ3n) is 10.7. The predicted octanol–water partition coefficient (Wildman–Crippen LogP) is 12.3. The van der Waals surface area contributed by atoms with Gasteiger partial charge in [-0.2, -0.15) is 0 Å². The lowest BCUT2D eigenvalue weighted by molar-refractivity contribution is 0.667. The zero-order chi connectivity index (χ0) is 29.6. The smallest absolute Gasteiger partial charge is 0.0723 e. The van der Waals surface area contributed by atoms with Crippen LogP contribution in [0.3, 0.4) is 0 Å². The third kappa shape index (κ3) is 2.77.